The zero-order chi connectivity index (χ0) is 19.3. The Kier molecular flexibility index (Phi) is 6.52. The van der Waals surface area contributed by atoms with Crippen LogP contribution in [0.3, 0.4) is 0 Å². The molecule has 0 atom stereocenters. The molecule has 2 aromatic rings. The van der Waals surface area contributed by atoms with Crippen LogP contribution in [0.25, 0.3) is 0 Å². The first kappa shape index (κ1) is 20.1. The van der Waals surface area contributed by atoms with E-state index in [9.17, 15) is 22.0 Å². The quantitative estimate of drug-likeness (QED) is 0.769. The van der Waals surface area contributed by atoms with Crippen LogP contribution in [0.1, 0.15) is 0 Å². The number of sulfonamides is 1. The van der Waals surface area contributed by atoms with E-state index >= 15 is 0 Å². The molecule has 0 aliphatic rings. The van der Waals surface area contributed by atoms with Gasteiger partial charge in [-0.15, -0.1) is 0 Å². The number of nitrogens with one attached hydrogen (secondary N) is 1. The number of halogens is 3. The standard InChI is InChI=1S/C16H15ClF2N2O4S/c1-21(26(23,24)12-8-6-11(17)7-9-12)10-15(22)20-13-4-2-3-5-14(13)25-16(18)19/h2-9,16H,10H2,1H3,(H,20,22). The van der Waals surface area contributed by atoms with Crippen LogP contribution in [-0.4, -0.2) is 38.8 Å². The maximum atomic E-state index is 12.4. The fourth-order valence-electron chi connectivity index (χ4n) is 2.03. The molecule has 140 valence electrons. The van der Waals surface area contributed by atoms with Crippen molar-refractivity contribution >= 4 is 33.2 Å². The fraction of sp³-hybridized carbons (Fsp3) is 0.188. The first-order chi connectivity index (χ1) is 12.2. The molecule has 10 heteroatoms. The Morgan fingerprint density at radius 3 is 2.42 bits per heavy atom. The number of para-hydroxylation sites is 2. The van der Waals surface area contributed by atoms with Gasteiger partial charge in [0, 0.05) is 12.1 Å². The lowest BCUT2D eigenvalue weighted by Crippen LogP contribution is -2.35. The van der Waals surface area contributed by atoms with Crippen LogP contribution in [0.5, 0.6) is 5.75 Å². The third kappa shape index (κ3) is 5.13. The highest BCUT2D eigenvalue weighted by molar-refractivity contribution is 7.89. The van der Waals surface area contributed by atoms with Gasteiger partial charge in [0.15, 0.2) is 0 Å². The van der Waals surface area contributed by atoms with Crippen LogP contribution in [0.15, 0.2) is 53.4 Å². The summed E-state index contributed by atoms with van der Waals surface area (Å²) < 4.78 is 54.8. The van der Waals surface area contributed by atoms with Crippen molar-refractivity contribution in [2.75, 3.05) is 18.9 Å². The molecule has 0 aliphatic heterocycles. The van der Waals surface area contributed by atoms with Gasteiger partial charge in [0.2, 0.25) is 15.9 Å². The number of benzene rings is 2. The van der Waals surface area contributed by atoms with E-state index in [4.69, 9.17) is 11.6 Å². The topological polar surface area (TPSA) is 75.7 Å². The van der Waals surface area contributed by atoms with E-state index in [2.05, 4.69) is 10.1 Å². The summed E-state index contributed by atoms with van der Waals surface area (Å²) in [5.41, 5.74) is 0.00934. The third-order valence-corrected chi connectivity index (χ3v) is 5.33. The van der Waals surface area contributed by atoms with Gasteiger partial charge in [0.05, 0.1) is 17.1 Å². The molecular weight excluding hydrogens is 390 g/mol. The van der Waals surface area contributed by atoms with Crippen LogP contribution in [-0.2, 0) is 14.8 Å². The largest absolute Gasteiger partial charge is 0.433 e. The lowest BCUT2D eigenvalue weighted by Gasteiger charge is -2.17. The Morgan fingerprint density at radius 2 is 1.81 bits per heavy atom. The SMILES string of the molecule is CN(CC(=O)Nc1ccccc1OC(F)F)S(=O)(=O)c1ccc(Cl)cc1. The van der Waals surface area contributed by atoms with Crippen LogP contribution >= 0.6 is 11.6 Å². The van der Waals surface area contributed by atoms with Gasteiger partial charge in [-0.05, 0) is 36.4 Å². The molecule has 2 aromatic carbocycles. The molecule has 0 heterocycles. The molecule has 1 N–H and O–H groups in total. The minimum atomic E-state index is -3.91. The molecule has 0 aromatic heterocycles. The normalized spacial score (nSPS) is 11.6. The molecule has 0 saturated heterocycles. The number of hydrogen-bond acceptors (Lipinski definition) is 4. The lowest BCUT2D eigenvalue weighted by molar-refractivity contribution is -0.116. The molecule has 1 amide bonds. The molecule has 6 nitrogen and oxygen atoms in total. The monoisotopic (exact) mass is 404 g/mol. The van der Waals surface area contributed by atoms with Crippen LogP contribution in [0.4, 0.5) is 14.5 Å². The average Bonchev–Trinajstić information content (AvgIpc) is 2.56. The summed E-state index contributed by atoms with van der Waals surface area (Å²) in [5, 5.41) is 2.73. The smallest absolute Gasteiger partial charge is 0.387 e. The molecule has 0 bridgehead atoms. The highest BCUT2D eigenvalue weighted by Gasteiger charge is 2.23. The van der Waals surface area contributed by atoms with Crippen molar-refractivity contribution in [1.82, 2.24) is 4.31 Å². The summed E-state index contributed by atoms with van der Waals surface area (Å²) in [7, 11) is -2.68. The zero-order valence-electron chi connectivity index (χ0n) is 13.5. The summed E-state index contributed by atoms with van der Waals surface area (Å²) in [5.74, 6) is -0.936. The van der Waals surface area contributed by atoms with Crippen molar-refractivity contribution in [3.05, 3.63) is 53.6 Å². The number of alkyl halides is 2. The van der Waals surface area contributed by atoms with Crippen molar-refractivity contribution in [3.8, 4) is 5.75 Å². The maximum absolute atomic E-state index is 12.4. The second kappa shape index (κ2) is 8.43. The van der Waals surface area contributed by atoms with Gasteiger partial charge in [0.25, 0.3) is 0 Å². The number of amides is 1. The van der Waals surface area contributed by atoms with Gasteiger partial charge in [-0.1, -0.05) is 23.7 Å². The number of rotatable bonds is 7. The second-order valence-electron chi connectivity index (χ2n) is 5.14. The number of carbonyl (C=O) groups is 1. The molecule has 0 spiro atoms. The highest BCUT2D eigenvalue weighted by atomic mass is 35.5. The van der Waals surface area contributed by atoms with E-state index in [-0.39, 0.29) is 16.3 Å². The molecular formula is C16H15ClF2N2O4S. The van der Waals surface area contributed by atoms with Gasteiger partial charge in [-0.2, -0.15) is 13.1 Å². The Labute approximate surface area is 154 Å². The predicted octanol–water partition coefficient (Wildman–Crippen LogP) is 3.20. The minimum Gasteiger partial charge on any atom is -0.433 e. The second-order valence-corrected chi connectivity index (χ2v) is 7.62. The summed E-state index contributed by atoms with van der Waals surface area (Å²) >= 11 is 5.73. The number of ether oxygens (including phenoxy) is 1. The van der Waals surface area contributed by atoms with E-state index in [1.54, 1.807) is 0 Å². The Hall–Kier alpha value is -2.23. The van der Waals surface area contributed by atoms with Crippen molar-refractivity contribution < 1.29 is 26.7 Å². The summed E-state index contributed by atoms with van der Waals surface area (Å²) in [6.07, 6.45) is 0. The van der Waals surface area contributed by atoms with Crippen molar-refractivity contribution in [3.63, 3.8) is 0 Å². The van der Waals surface area contributed by atoms with E-state index in [1.807, 2.05) is 0 Å². The molecule has 0 unspecified atom stereocenters. The average molecular weight is 405 g/mol. The van der Waals surface area contributed by atoms with Gasteiger partial charge in [0.1, 0.15) is 5.75 Å². The van der Waals surface area contributed by atoms with E-state index in [0.717, 1.165) is 4.31 Å². The number of nitrogens with zero attached hydrogens (tertiary/aromatic N) is 1. The Morgan fingerprint density at radius 1 is 1.19 bits per heavy atom. The Balaban J connectivity index is 2.09. The molecule has 0 saturated carbocycles. The molecule has 26 heavy (non-hydrogen) atoms. The third-order valence-electron chi connectivity index (χ3n) is 3.27. The first-order valence-corrected chi connectivity index (χ1v) is 9.07. The van der Waals surface area contributed by atoms with Gasteiger partial charge >= 0.3 is 6.61 Å². The highest BCUT2D eigenvalue weighted by Crippen LogP contribution is 2.25. The first-order valence-electron chi connectivity index (χ1n) is 7.26. The summed E-state index contributed by atoms with van der Waals surface area (Å²) in [4.78, 5) is 12.1. The number of likely N-dealkylation sites (N-methyl/N-ethyl adjacent to an activating group) is 1. The van der Waals surface area contributed by atoms with Crippen LogP contribution in [0, 0.1) is 0 Å². The van der Waals surface area contributed by atoms with Crippen molar-refractivity contribution in [2.45, 2.75) is 11.5 Å². The minimum absolute atomic E-state index is 0.00934. The zero-order valence-corrected chi connectivity index (χ0v) is 15.1. The molecule has 0 radical (unpaired) electrons. The Bertz CT molecular complexity index is 876. The van der Waals surface area contributed by atoms with E-state index in [0.29, 0.717) is 5.02 Å². The van der Waals surface area contributed by atoms with E-state index < -0.39 is 29.1 Å². The summed E-state index contributed by atoms with van der Waals surface area (Å²) in [6, 6.07) is 11.1. The maximum Gasteiger partial charge on any atom is 0.387 e. The van der Waals surface area contributed by atoms with E-state index in [1.165, 1.54) is 55.6 Å². The number of hydrogen-bond donors (Lipinski definition) is 1. The number of carbonyl (C=O) groups excluding carboxylic acids is 1. The summed E-state index contributed by atoms with van der Waals surface area (Å²) in [6.45, 7) is -3.57. The molecule has 0 fully saturated rings. The fourth-order valence-corrected chi connectivity index (χ4v) is 3.29. The van der Waals surface area contributed by atoms with Gasteiger partial charge < -0.3 is 10.1 Å². The van der Waals surface area contributed by atoms with Gasteiger partial charge in [-0.25, -0.2) is 8.42 Å². The van der Waals surface area contributed by atoms with Crippen molar-refractivity contribution in [1.29, 1.82) is 0 Å². The van der Waals surface area contributed by atoms with Crippen LogP contribution in [0.2, 0.25) is 5.02 Å². The van der Waals surface area contributed by atoms with Gasteiger partial charge in [-0.3, -0.25) is 4.79 Å². The van der Waals surface area contributed by atoms with Crippen LogP contribution < -0.4 is 10.1 Å². The lowest BCUT2D eigenvalue weighted by atomic mass is 10.3. The van der Waals surface area contributed by atoms with Crippen molar-refractivity contribution in [2.24, 2.45) is 0 Å². The number of anilines is 1. The predicted molar refractivity (Wildman–Crippen MR) is 93.0 cm³/mol. The molecule has 2 rings (SSSR count). The molecule has 0 aliphatic carbocycles.